The summed E-state index contributed by atoms with van der Waals surface area (Å²) in [4.78, 5) is 0. The van der Waals surface area contributed by atoms with Gasteiger partial charge in [0.25, 0.3) is 6.43 Å². The van der Waals surface area contributed by atoms with Crippen LogP contribution in [0, 0.1) is 0 Å². The zero-order valence-electron chi connectivity index (χ0n) is 10.8. The van der Waals surface area contributed by atoms with Crippen molar-refractivity contribution in [3.05, 3.63) is 0 Å². The molecule has 0 rings (SSSR count). The van der Waals surface area contributed by atoms with Crippen molar-refractivity contribution >= 4 is 39.2 Å². The molecule has 24 heavy (non-hydrogen) atoms. The summed E-state index contributed by atoms with van der Waals surface area (Å²) < 4.78 is 154. The molecule has 0 aromatic heterocycles. The molecule has 0 saturated heterocycles. The quantitative estimate of drug-likeness (QED) is 0.241. The Morgan fingerprint density at radius 1 is 0.667 bits per heavy atom. The lowest BCUT2D eigenvalue weighted by Gasteiger charge is -2.44. The number of alkyl halides is 12. The second-order valence-electron chi connectivity index (χ2n) is 4.55. The highest BCUT2D eigenvalue weighted by atomic mass is 35.8. The lowest BCUT2D eigenvalue weighted by molar-refractivity contribution is -0.417. The molecule has 0 aromatic carbocycles. The van der Waals surface area contributed by atoms with E-state index in [2.05, 4.69) is 0 Å². The molecule has 0 fully saturated rings. The normalized spacial score (nSPS) is 19.4. The van der Waals surface area contributed by atoms with Crippen LogP contribution in [0.1, 0.15) is 6.92 Å². The Labute approximate surface area is 141 Å². The summed E-state index contributed by atoms with van der Waals surface area (Å²) in [5.74, 6) is -22.4. The Morgan fingerprint density at radius 3 is 1.21 bits per heavy atom. The van der Waals surface area contributed by atoms with E-state index in [0.717, 1.165) is 0 Å². The van der Waals surface area contributed by atoms with Crippen molar-refractivity contribution in [1.29, 1.82) is 0 Å². The van der Waals surface area contributed by atoms with Crippen LogP contribution in [0.25, 0.3) is 0 Å². The van der Waals surface area contributed by atoms with Gasteiger partial charge in [0, 0.05) is 5.54 Å². The Balaban J connectivity index is 6.53. The van der Waals surface area contributed by atoms with Crippen molar-refractivity contribution in [1.82, 2.24) is 0 Å². The minimum absolute atomic E-state index is 0.0406. The Hall–Kier alpha value is 0.247. The van der Waals surface area contributed by atoms with Gasteiger partial charge in [-0.3, -0.25) is 0 Å². The van der Waals surface area contributed by atoms with Gasteiger partial charge in [0.15, 0.2) is 0 Å². The predicted octanol–water partition coefficient (Wildman–Crippen LogP) is 6.47. The highest BCUT2D eigenvalue weighted by molar-refractivity contribution is 7.65. The van der Waals surface area contributed by atoms with Gasteiger partial charge in [-0.05, 0) is 0 Å². The molecule has 0 heterocycles. The van der Waals surface area contributed by atoms with Crippen LogP contribution in [-0.2, 0) is 0 Å². The van der Waals surface area contributed by atoms with E-state index >= 15 is 0 Å². The molecule has 0 saturated carbocycles. The maximum Gasteiger partial charge on any atom is 0.460 e. The van der Waals surface area contributed by atoms with Crippen LogP contribution in [0.5, 0.6) is 0 Å². The van der Waals surface area contributed by atoms with Crippen LogP contribution in [0.2, 0.25) is 5.54 Å². The lowest BCUT2D eigenvalue weighted by atomic mass is 9.86. The molecule has 0 N–H and O–H groups in total. The SMILES string of the molecule is CC(C(F)(C(F)F)C(F)(F)C(F)(F)C(F)(F)C(F)(F)F)[Si](Cl)(Cl)Cl. The fourth-order valence-corrected chi connectivity index (χ4v) is 3.66. The molecule has 0 aromatic rings. The van der Waals surface area contributed by atoms with Gasteiger partial charge in [-0.15, -0.1) is 33.2 Å². The second-order valence-corrected chi connectivity index (χ2v) is 13.6. The zero-order valence-corrected chi connectivity index (χ0v) is 14.1. The molecule has 0 bridgehead atoms. The van der Waals surface area contributed by atoms with Gasteiger partial charge in [-0.1, -0.05) is 6.92 Å². The third-order valence-electron chi connectivity index (χ3n) is 3.06. The predicted molar refractivity (Wildman–Crippen MR) is 63.5 cm³/mol. The third-order valence-corrected chi connectivity index (χ3v) is 7.41. The highest BCUT2D eigenvalue weighted by Crippen LogP contribution is 2.62. The van der Waals surface area contributed by atoms with Crippen molar-refractivity contribution in [3.8, 4) is 0 Å². The number of halogens is 15. The van der Waals surface area contributed by atoms with Gasteiger partial charge in [0.2, 0.25) is 5.67 Å². The maximum absolute atomic E-state index is 14.1. The maximum atomic E-state index is 14.1. The molecule has 2 unspecified atom stereocenters. The van der Waals surface area contributed by atoms with Gasteiger partial charge in [0.05, 0.1) is 0 Å². The summed E-state index contributed by atoms with van der Waals surface area (Å²) >= 11 is 14.9. The highest BCUT2D eigenvalue weighted by Gasteiger charge is 2.89. The van der Waals surface area contributed by atoms with Crippen molar-refractivity contribution in [2.45, 2.75) is 48.5 Å². The standard InChI is InChI=1S/C8H5Cl3F12Si/c1-2(24(9,10)11)4(14,3(12)13)5(15,16)6(17,18)7(19,20)8(21,22)23/h2-3H,1H3. The first kappa shape index (κ1) is 24.2. The minimum Gasteiger partial charge on any atom is -0.230 e. The first-order valence-corrected chi connectivity index (χ1v) is 10.4. The molecule has 0 amide bonds. The Morgan fingerprint density at radius 2 is 1.00 bits per heavy atom. The van der Waals surface area contributed by atoms with Crippen molar-refractivity contribution in [2.24, 2.45) is 0 Å². The summed E-state index contributed by atoms with van der Waals surface area (Å²) in [5, 5.41) is 0. The first-order valence-electron chi connectivity index (χ1n) is 5.34. The zero-order chi connectivity index (χ0) is 20.2. The van der Waals surface area contributed by atoms with E-state index in [4.69, 9.17) is 33.2 Å². The van der Waals surface area contributed by atoms with E-state index in [1.54, 1.807) is 0 Å². The minimum atomic E-state index is -7.61. The monoisotopic (exact) mass is 462 g/mol. The van der Waals surface area contributed by atoms with Crippen LogP contribution >= 0.6 is 33.2 Å². The van der Waals surface area contributed by atoms with Gasteiger partial charge >= 0.3 is 29.9 Å². The van der Waals surface area contributed by atoms with Crippen molar-refractivity contribution in [3.63, 3.8) is 0 Å². The summed E-state index contributed by atoms with van der Waals surface area (Å²) in [7, 11) is 0. The smallest absolute Gasteiger partial charge is 0.230 e. The van der Waals surface area contributed by atoms with Crippen LogP contribution < -0.4 is 0 Å². The third kappa shape index (κ3) is 3.41. The van der Waals surface area contributed by atoms with Gasteiger partial charge in [-0.25, -0.2) is 13.2 Å². The molecule has 0 nitrogen and oxygen atoms in total. The average Bonchev–Trinajstić information content (AvgIpc) is 2.33. The molecule has 0 aliphatic heterocycles. The van der Waals surface area contributed by atoms with Crippen LogP contribution in [0.3, 0.4) is 0 Å². The largest absolute Gasteiger partial charge is 0.460 e. The molecular formula is C8H5Cl3F12Si. The number of hydrogen-bond acceptors (Lipinski definition) is 0. The van der Waals surface area contributed by atoms with Crippen molar-refractivity contribution < 1.29 is 52.7 Å². The molecule has 16 heteroatoms. The van der Waals surface area contributed by atoms with Gasteiger partial charge < -0.3 is 0 Å². The molecule has 146 valence electrons. The van der Waals surface area contributed by atoms with Crippen molar-refractivity contribution in [2.75, 3.05) is 0 Å². The molecule has 0 aliphatic carbocycles. The van der Waals surface area contributed by atoms with E-state index in [0.29, 0.717) is 0 Å². The fourth-order valence-electron chi connectivity index (χ4n) is 1.45. The Bertz CT molecular complexity index is 458. The summed E-state index contributed by atoms with van der Waals surface area (Å²) in [6.07, 6.45) is -12.5. The molecular weight excluding hydrogens is 459 g/mol. The van der Waals surface area contributed by atoms with Crippen LogP contribution in [0.15, 0.2) is 0 Å². The van der Waals surface area contributed by atoms with E-state index in [-0.39, 0.29) is 6.92 Å². The van der Waals surface area contributed by atoms with E-state index in [1.165, 1.54) is 0 Å². The molecule has 0 spiro atoms. The Kier molecular flexibility index (Phi) is 6.51. The molecule has 0 radical (unpaired) electrons. The number of hydrogen-bond donors (Lipinski definition) is 0. The molecule has 0 aliphatic rings. The van der Waals surface area contributed by atoms with Crippen LogP contribution in [0.4, 0.5) is 52.7 Å². The summed E-state index contributed by atoms with van der Waals surface area (Å²) in [6, 6.07) is -5.03. The van der Waals surface area contributed by atoms with E-state index in [9.17, 15) is 52.7 Å². The second kappa shape index (κ2) is 6.45. The topological polar surface area (TPSA) is 0 Å². The first-order chi connectivity index (χ1) is 10.1. The summed E-state index contributed by atoms with van der Waals surface area (Å²) in [6.45, 7) is -0.0406. The fraction of sp³-hybridized carbons (Fsp3) is 1.00. The van der Waals surface area contributed by atoms with Crippen LogP contribution in [-0.4, -0.2) is 42.0 Å². The molecule has 2 atom stereocenters. The lowest BCUT2D eigenvalue weighted by Crippen LogP contribution is -2.71. The van der Waals surface area contributed by atoms with Gasteiger partial charge in [0.1, 0.15) is 0 Å². The van der Waals surface area contributed by atoms with E-state index in [1.807, 2.05) is 0 Å². The van der Waals surface area contributed by atoms with Gasteiger partial charge in [-0.2, -0.15) is 39.5 Å². The van der Waals surface area contributed by atoms with E-state index < -0.39 is 47.6 Å². The average molecular weight is 464 g/mol. The summed E-state index contributed by atoms with van der Waals surface area (Å²) in [5.41, 5.74) is -9.26. The number of rotatable bonds is 6.